The SMILES string of the molecule is COC(=O)[C@@H](C)C[C@H](Cc1ncccn1)NC(=O)c1csc([C@@H](C[C@H](C(C)C)N(C)C(=O)[C@@H](NC(=O)[C@H]2CCCCN2C)C2COC2)OC(C)=O)n1. The number of hydrogen-bond donors (Lipinski definition) is 2. The molecule has 3 amide bonds. The Hall–Kier alpha value is -4.02. The van der Waals surface area contributed by atoms with Crippen molar-refractivity contribution in [2.75, 3.05) is 41.0 Å². The number of thiazole rings is 1. The molecule has 286 valence electrons. The third-order valence-corrected chi connectivity index (χ3v) is 10.7. The van der Waals surface area contributed by atoms with Crippen LogP contribution in [0.25, 0.3) is 0 Å². The Bertz CT molecular complexity index is 1520. The van der Waals surface area contributed by atoms with Crippen LogP contribution in [-0.4, -0.2) is 120 Å². The van der Waals surface area contributed by atoms with Gasteiger partial charge < -0.3 is 29.7 Å². The highest BCUT2D eigenvalue weighted by molar-refractivity contribution is 7.09. The second kappa shape index (κ2) is 19.2. The fourth-order valence-electron chi connectivity index (χ4n) is 6.74. The molecule has 0 bridgehead atoms. The minimum atomic E-state index is -0.851. The minimum Gasteiger partial charge on any atom is -0.469 e. The van der Waals surface area contributed by atoms with Crippen molar-refractivity contribution < 1.29 is 38.2 Å². The molecular formula is C36H53N7O8S. The van der Waals surface area contributed by atoms with Crippen molar-refractivity contribution in [3.63, 3.8) is 0 Å². The Balaban J connectivity index is 1.50. The van der Waals surface area contributed by atoms with Gasteiger partial charge in [0.25, 0.3) is 5.91 Å². The maximum absolute atomic E-state index is 14.2. The molecule has 0 spiro atoms. The van der Waals surface area contributed by atoms with Crippen LogP contribution >= 0.6 is 11.3 Å². The monoisotopic (exact) mass is 743 g/mol. The molecule has 0 aromatic carbocycles. The number of piperidine rings is 1. The molecule has 2 aromatic heterocycles. The van der Waals surface area contributed by atoms with E-state index in [2.05, 4.69) is 25.6 Å². The molecule has 2 N–H and O–H groups in total. The number of nitrogens with zero attached hydrogens (tertiary/aromatic N) is 5. The molecule has 2 fully saturated rings. The lowest BCUT2D eigenvalue weighted by atomic mass is 9.92. The molecular weight excluding hydrogens is 691 g/mol. The van der Waals surface area contributed by atoms with Crippen LogP contribution in [0, 0.1) is 17.8 Å². The third kappa shape index (κ3) is 11.0. The maximum Gasteiger partial charge on any atom is 0.308 e. The van der Waals surface area contributed by atoms with Gasteiger partial charge in [0.05, 0.1) is 32.3 Å². The van der Waals surface area contributed by atoms with Crippen molar-refractivity contribution in [3.8, 4) is 0 Å². The number of likely N-dealkylation sites (N-methyl/N-ethyl adjacent to an activating group) is 2. The Kier molecular flexibility index (Phi) is 15.0. The van der Waals surface area contributed by atoms with Gasteiger partial charge in [-0.05, 0) is 44.8 Å². The number of esters is 2. The summed E-state index contributed by atoms with van der Waals surface area (Å²) in [5.41, 5.74) is 0.118. The summed E-state index contributed by atoms with van der Waals surface area (Å²) < 4.78 is 16.1. The second-order valence-corrected chi connectivity index (χ2v) is 15.0. The summed E-state index contributed by atoms with van der Waals surface area (Å²) in [7, 11) is 4.95. The van der Waals surface area contributed by atoms with Crippen molar-refractivity contribution in [3.05, 3.63) is 40.4 Å². The van der Waals surface area contributed by atoms with E-state index in [1.165, 1.54) is 25.4 Å². The predicted octanol–water partition coefficient (Wildman–Crippen LogP) is 2.57. The summed E-state index contributed by atoms with van der Waals surface area (Å²) in [5, 5.41) is 8.00. The number of aromatic nitrogens is 3. The number of hydrogen-bond acceptors (Lipinski definition) is 13. The van der Waals surface area contributed by atoms with Gasteiger partial charge in [0.1, 0.15) is 22.6 Å². The van der Waals surface area contributed by atoms with Crippen LogP contribution in [0.2, 0.25) is 0 Å². The van der Waals surface area contributed by atoms with Gasteiger partial charge in [-0.1, -0.05) is 27.2 Å². The highest BCUT2D eigenvalue weighted by Gasteiger charge is 2.41. The first-order valence-electron chi connectivity index (χ1n) is 17.9. The summed E-state index contributed by atoms with van der Waals surface area (Å²) in [6, 6.07) is -0.277. The van der Waals surface area contributed by atoms with Crippen LogP contribution in [-0.2, 0) is 39.8 Å². The standard InChI is InChI=1S/C36H53N7O8S/c1-21(2)28(43(6)35(47)31(24-18-50-19-24)41-33(46)27-11-8-9-14-42(27)5)17-29(51-23(4)44)34-40-26(20-52-34)32(45)39-25(15-22(3)36(48)49-7)16-30-37-12-10-13-38-30/h10,12-13,20-22,24-25,27-29,31H,8-9,11,14-19H2,1-7H3,(H,39,45)(H,41,46)/t22-,25+,27+,28+,29+,31-/m0/s1. The molecule has 0 saturated carbocycles. The Morgan fingerprint density at radius 1 is 1.08 bits per heavy atom. The molecule has 15 nitrogen and oxygen atoms in total. The zero-order valence-electron chi connectivity index (χ0n) is 31.2. The van der Waals surface area contributed by atoms with E-state index >= 15 is 0 Å². The van der Waals surface area contributed by atoms with E-state index in [0.717, 1.165) is 25.8 Å². The molecule has 4 heterocycles. The lowest BCUT2D eigenvalue weighted by molar-refractivity contribution is -0.151. The predicted molar refractivity (Wildman–Crippen MR) is 192 cm³/mol. The summed E-state index contributed by atoms with van der Waals surface area (Å²) in [5.74, 6) is -2.02. The largest absolute Gasteiger partial charge is 0.469 e. The number of carbonyl (C=O) groups excluding carboxylic acids is 5. The smallest absolute Gasteiger partial charge is 0.308 e. The van der Waals surface area contributed by atoms with E-state index in [9.17, 15) is 24.0 Å². The van der Waals surface area contributed by atoms with E-state index < -0.39 is 48.0 Å². The number of ether oxygens (including phenoxy) is 3. The van der Waals surface area contributed by atoms with Crippen LogP contribution in [0.4, 0.5) is 0 Å². The van der Waals surface area contributed by atoms with E-state index in [1.807, 2.05) is 25.8 Å². The lowest BCUT2D eigenvalue weighted by Gasteiger charge is -2.40. The summed E-state index contributed by atoms with van der Waals surface area (Å²) in [6.07, 6.45) is 5.87. The van der Waals surface area contributed by atoms with Gasteiger partial charge in [-0.25, -0.2) is 15.0 Å². The molecule has 0 aliphatic carbocycles. The molecule has 0 radical (unpaired) electrons. The molecule has 52 heavy (non-hydrogen) atoms. The molecule has 6 atom stereocenters. The van der Waals surface area contributed by atoms with Gasteiger partial charge in [0.15, 0.2) is 6.10 Å². The number of methoxy groups -OCH3 is 1. The molecule has 4 rings (SSSR count). The Labute approximate surface area is 309 Å². The van der Waals surface area contributed by atoms with Gasteiger partial charge in [0, 0.05) is 62.6 Å². The first-order chi connectivity index (χ1) is 24.8. The number of likely N-dealkylation sites (tertiary alicyclic amines) is 1. The first-order valence-corrected chi connectivity index (χ1v) is 18.8. The second-order valence-electron chi connectivity index (χ2n) is 14.1. The number of amides is 3. The number of carbonyl (C=O) groups is 5. The number of rotatable bonds is 17. The van der Waals surface area contributed by atoms with E-state index in [4.69, 9.17) is 14.2 Å². The molecule has 2 aliphatic heterocycles. The average Bonchev–Trinajstić information content (AvgIpc) is 3.59. The van der Waals surface area contributed by atoms with Crippen molar-refractivity contribution in [1.29, 1.82) is 0 Å². The lowest BCUT2D eigenvalue weighted by Crippen LogP contribution is -2.61. The van der Waals surface area contributed by atoms with Gasteiger partial charge in [-0.15, -0.1) is 11.3 Å². The quantitative estimate of drug-likeness (QED) is 0.226. The van der Waals surface area contributed by atoms with Crippen LogP contribution in [0.5, 0.6) is 0 Å². The van der Waals surface area contributed by atoms with Crippen LogP contribution in [0.1, 0.15) is 87.2 Å². The molecule has 2 saturated heterocycles. The fourth-order valence-corrected chi connectivity index (χ4v) is 7.57. The van der Waals surface area contributed by atoms with Gasteiger partial charge in [-0.2, -0.15) is 0 Å². The fraction of sp³-hybridized carbons (Fsp3) is 0.667. The van der Waals surface area contributed by atoms with Crippen LogP contribution in [0.3, 0.4) is 0 Å². The zero-order valence-corrected chi connectivity index (χ0v) is 32.0. The first kappa shape index (κ1) is 40.7. The van der Waals surface area contributed by atoms with Crippen molar-refractivity contribution in [2.24, 2.45) is 17.8 Å². The Morgan fingerprint density at radius 3 is 2.38 bits per heavy atom. The van der Waals surface area contributed by atoms with Crippen LogP contribution < -0.4 is 10.6 Å². The zero-order chi connectivity index (χ0) is 37.9. The Morgan fingerprint density at radius 2 is 1.79 bits per heavy atom. The van der Waals surface area contributed by atoms with E-state index in [0.29, 0.717) is 24.0 Å². The van der Waals surface area contributed by atoms with Crippen molar-refractivity contribution in [1.82, 2.24) is 35.4 Å². The third-order valence-electron chi connectivity index (χ3n) is 9.81. The van der Waals surface area contributed by atoms with E-state index in [1.54, 1.807) is 42.7 Å². The van der Waals surface area contributed by atoms with Gasteiger partial charge in [-0.3, -0.25) is 28.9 Å². The highest BCUT2D eigenvalue weighted by Crippen LogP contribution is 2.31. The topological polar surface area (TPSA) is 182 Å². The minimum absolute atomic E-state index is 0.0639. The summed E-state index contributed by atoms with van der Waals surface area (Å²) in [6.45, 7) is 8.55. The maximum atomic E-state index is 14.2. The molecule has 2 aliphatic rings. The van der Waals surface area contributed by atoms with E-state index in [-0.39, 0.29) is 54.6 Å². The van der Waals surface area contributed by atoms with Crippen molar-refractivity contribution in [2.45, 2.75) is 96.5 Å². The highest BCUT2D eigenvalue weighted by atomic mass is 32.1. The summed E-state index contributed by atoms with van der Waals surface area (Å²) >= 11 is 1.17. The number of nitrogens with one attached hydrogen (secondary N) is 2. The van der Waals surface area contributed by atoms with Crippen LogP contribution in [0.15, 0.2) is 23.8 Å². The molecule has 2 aromatic rings. The normalized spacial score (nSPS) is 19.3. The average molecular weight is 744 g/mol. The van der Waals surface area contributed by atoms with Gasteiger partial charge in [0.2, 0.25) is 11.8 Å². The molecule has 0 unspecified atom stereocenters. The van der Waals surface area contributed by atoms with Crippen molar-refractivity contribution >= 4 is 41.0 Å². The van der Waals surface area contributed by atoms with Gasteiger partial charge >= 0.3 is 11.9 Å². The summed E-state index contributed by atoms with van der Waals surface area (Å²) in [4.78, 5) is 82.4. The molecule has 16 heteroatoms.